The first-order valence-electron chi connectivity index (χ1n) is 10.6. The van der Waals surface area contributed by atoms with Gasteiger partial charge in [0, 0.05) is 32.7 Å². The average Bonchev–Trinajstić information content (AvgIpc) is 3.43. The van der Waals surface area contributed by atoms with Crippen molar-refractivity contribution in [3.8, 4) is 0 Å². The molecule has 4 heterocycles. The maximum Gasteiger partial charge on any atom is 0.289 e. The third-order valence-electron chi connectivity index (χ3n) is 5.70. The molecule has 2 amide bonds. The van der Waals surface area contributed by atoms with Crippen LogP contribution < -0.4 is 5.56 Å². The molecule has 0 spiro atoms. The number of aromatic nitrogens is 2. The van der Waals surface area contributed by atoms with Gasteiger partial charge in [-0.1, -0.05) is 19.8 Å². The van der Waals surface area contributed by atoms with Gasteiger partial charge in [-0.2, -0.15) is 0 Å². The molecule has 0 bridgehead atoms. The molecule has 8 nitrogen and oxygen atoms in total. The van der Waals surface area contributed by atoms with Gasteiger partial charge in [0.25, 0.3) is 17.4 Å². The monoisotopic (exact) mass is 442 g/mol. The van der Waals surface area contributed by atoms with E-state index in [0.717, 1.165) is 19.3 Å². The number of fused-ring (bicyclic) bond motifs is 1. The summed E-state index contributed by atoms with van der Waals surface area (Å²) in [6.45, 7) is 6.34. The number of furan rings is 1. The topological polar surface area (TPSA) is 88.7 Å². The largest absolute Gasteiger partial charge is 0.459 e. The number of aryl methyl sites for hydroxylation is 2. The summed E-state index contributed by atoms with van der Waals surface area (Å²) in [6.07, 6.45) is 6.14. The Hall–Kier alpha value is -2.94. The second-order valence-corrected chi connectivity index (χ2v) is 8.75. The number of unbranched alkanes of at least 4 members (excludes halogenated alkanes) is 2. The second-order valence-electron chi connectivity index (χ2n) is 7.75. The van der Waals surface area contributed by atoms with Crippen molar-refractivity contribution in [1.29, 1.82) is 0 Å². The van der Waals surface area contributed by atoms with Crippen LogP contribution in [0.1, 0.15) is 52.0 Å². The van der Waals surface area contributed by atoms with Crippen molar-refractivity contribution in [2.45, 2.75) is 39.7 Å². The standard InChI is InChI=1S/C22H26N4O4S/c1-3-4-5-8-26-14-23-19-17(21(26)28)15(2)18(31-19)22(29)25-11-9-24(10-12-25)20(27)16-7-6-13-30-16/h6-7,13-14H,3-5,8-12H2,1-2H3. The molecule has 0 atom stereocenters. The van der Waals surface area contributed by atoms with Gasteiger partial charge in [0.2, 0.25) is 0 Å². The van der Waals surface area contributed by atoms with Crippen molar-refractivity contribution in [3.63, 3.8) is 0 Å². The van der Waals surface area contributed by atoms with Gasteiger partial charge in [0.05, 0.1) is 22.9 Å². The Labute approximate surface area is 184 Å². The Morgan fingerprint density at radius 1 is 1.13 bits per heavy atom. The first-order valence-corrected chi connectivity index (χ1v) is 11.4. The van der Waals surface area contributed by atoms with Gasteiger partial charge >= 0.3 is 0 Å². The smallest absolute Gasteiger partial charge is 0.289 e. The summed E-state index contributed by atoms with van der Waals surface area (Å²) < 4.78 is 6.83. The van der Waals surface area contributed by atoms with Crippen LogP contribution in [0.2, 0.25) is 0 Å². The molecule has 1 fully saturated rings. The summed E-state index contributed by atoms with van der Waals surface area (Å²) in [5.74, 6) is 0.0342. The number of hydrogen-bond acceptors (Lipinski definition) is 6. The Kier molecular flexibility index (Phi) is 6.22. The van der Waals surface area contributed by atoms with E-state index in [9.17, 15) is 14.4 Å². The molecule has 0 unspecified atom stereocenters. The molecule has 3 aromatic heterocycles. The van der Waals surface area contributed by atoms with Crippen LogP contribution in [-0.2, 0) is 6.54 Å². The van der Waals surface area contributed by atoms with Gasteiger partial charge in [-0.15, -0.1) is 11.3 Å². The minimum Gasteiger partial charge on any atom is -0.459 e. The molecular formula is C22H26N4O4S. The highest BCUT2D eigenvalue weighted by molar-refractivity contribution is 7.20. The summed E-state index contributed by atoms with van der Waals surface area (Å²) in [7, 11) is 0. The molecule has 3 aromatic rings. The van der Waals surface area contributed by atoms with Crippen LogP contribution in [0.5, 0.6) is 0 Å². The highest BCUT2D eigenvalue weighted by Gasteiger charge is 2.29. The number of nitrogens with zero attached hydrogens (tertiary/aromatic N) is 4. The van der Waals surface area contributed by atoms with Crippen molar-refractivity contribution in [2.75, 3.05) is 26.2 Å². The van der Waals surface area contributed by atoms with E-state index in [4.69, 9.17) is 4.42 Å². The molecule has 9 heteroatoms. The van der Waals surface area contributed by atoms with E-state index in [2.05, 4.69) is 11.9 Å². The van der Waals surface area contributed by atoms with Crippen LogP contribution in [0.15, 0.2) is 33.9 Å². The van der Waals surface area contributed by atoms with Gasteiger partial charge in [0.1, 0.15) is 4.83 Å². The van der Waals surface area contributed by atoms with E-state index in [1.807, 2.05) is 6.92 Å². The van der Waals surface area contributed by atoms with Crippen LogP contribution in [0.4, 0.5) is 0 Å². The molecule has 31 heavy (non-hydrogen) atoms. The molecule has 0 N–H and O–H groups in total. The number of piperazine rings is 1. The minimum atomic E-state index is -0.164. The normalized spacial score (nSPS) is 14.4. The van der Waals surface area contributed by atoms with Crippen molar-refractivity contribution in [3.05, 3.63) is 51.3 Å². The fourth-order valence-electron chi connectivity index (χ4n) is 3.87. The van der Waals surface area contributed by atoms with Crippen molar-refractivity contribution in [1.82, 2.24) is 19.4 Å². The van der Waals surface area contributed by atoms with Crippen LogP contribution >= 0.6 is 11.3 Å². The van der Waals surface area contributed by atoms with Gasteiger partial charge in [-0.05, 0) is 31.0 Å². The molecule has 0 saturated carbocycles. The van der Waals surface area contributed by atoms with Gasteiger partial charge in [-0.25, -0.2) is 4.98 Å². The number of amides is 2. The van der Waals surface area contributed by atoms with Crippen LogP contribution in [-0.4, -0.2) is 57.3 Å². The third-order valence-corrected chi connectivity index (χ3v) is 6.89. The molecule has 1 aliphatic heterocycles. The highest BCUT2D eigenvalue weighted by atomic mass is 32.1. The summed E-state index contributed by atoms with van der Waals surface area (Å²) in [5.41, 5.74) is 0.615. The Morgan fingerprint density at radius 2 is 1.84 bits per heavy atom. The quantitative estimate of drug-likeness (QED) is 0.547. The van der Waals surface area contributed by atoms with Gasteiger partial charge in [-0.3, -0.25) is 19.0 Å². The van der Waals surface area contributed by atoms with E-state index in [1.54, 1.807) is 32.8 Å². The molecule has 0 aliphatic carbocycles. The molecule has 0 radical (unpaired) electrons. The molecule has 164 valence electrons. The number of rotatable bonds is 6. The van der Waals surface area contributed by atoms with E-state index in [1.165, 1.54) is 17.6 Å². The zero-order chi connectivity index (χ0) is 22.0. The lowest BCUT2D eigenvalue weighted by atomic mass is 10.2. The lowest BCUT2D eigenvalue weighted by Gasteiger charge is -2.34. The summed E-state index contributed by atoms with van der Waals surface area (Å²) in [5, 5.41) is 0.541. The zero-order valence-corrected chi connectivity index (χ0v) is 18.6. The lowest BCUT2D eigenvalue weighted by molar-refractivity contribution is 0.0520. The summed E-state index contributed by atoms with van der Waals surface area (Å²) >= 11 is 1.27. The fraction of sp³-hybridized carbons (Fsp3) is 0.455. The van der Waals surface area contributed by atoms with Crippen LogP contribution in [0.3, 0.4) is 0 Å². The van der Waals surface area contributed by atoms with E-state index >= 15 is 0 Å². The van der Waals surface area contributed by atoms with Gasteiger partial charge < -0.3 is 14.2 Å². The molecule has 1 saturated heterocycles. The number of hydrogen-bond donors (Lipinski definition) is 0. The van der Waals surface area contributed by atoms with Crippen LogP contribution in [0, 0.1) is 6.92 Å². The fourth-order valence-corrected chi connectivity index (χ4v) is 4.97. The summed E-state index contributed by atoms with van der Waals surface area (Å²) in [6, 6.07) is 3.32. The molecule has 1 aliphatic rings. The van der Waals surface area contributed by atoms with Crippen LogP contribution in [0.25, 0.3) is 10.2 Å². The van der Waals surface area contributed by atoms with E-state index in [0.29, 0.717) is 59.1 Å². The Bertz CT molecular complexity index is 1140. The molecule has 0 aromatic carbocycles. The Balaban J connectivity index is 1.49. The lowest BCUT2D eigenvalue weighted by Crippen LogP contribution is -2.50. The van der Waals surface area contributed by atoms with E-state index in [-0.39, 0.29) is 17.4 Å². The minimum absolute atomic E-state index is 0.0808. The number of carbonyl (C=O) groups excluding carboxylic acids is 2. The first-order chi connectivity index (χ1) is 15.0. The van der Waals surface area contributed by atoms with Crippen molar-refractivity contribution >= 4 is 33.4 Å². The Morgan fingerprint density at radius 3 is 2.48 bits per heavy atom. The number of carbonyl (C=O) groups is 2. The third kappa shape index (κ3) is 4.14. The van der Waals surface area contributed by atoms with Gasteiger partial charge in [0.15, 0.2) is 5.76 Å². The highest BCUT2D eigenvalue weighted by Crippen LogP contribution is 2.28. The predicted molar refractivity (Wildman–Crippen MR) is 119 cm³/mol. The zero-order valence-electron chi connectivity index (χ0n) is 17.8. The maximum absolute atomic E-state index is 13.2. The molecular weight excluding hydrogens is 416 g/mol. The SMILES string of the molecule is CCCCCn1cnc2sc(C(=O)N3CCN(C(=O)c4ccco4)CC3)c(C)c2c1=O. The first kappa shape index (κ1) is 21.3. The second kappa shape index (κ2) is 9.05. The van der Waals surface area contributed by atoms with Crippen molar-refractivity contribution in [2.24, 2.45) is 0 Å². The molecule has 4 rings (SSSR count). The summed E-state index contributed by atoms with van der Waals surface area (Å²) in [4.78, 5) is 47.6. The average molecular weight is 443 g/mol. The predicted octanol–water partition coefficient (Wildman–Crippen LogP) is 3.15. The maximum atomic E-state index is 13.2. The van der Waals surface area contributed by atoms with Crippen molar-refractivity contribution < 1.29 is 14.0 Å². The van der Waals surface area contributed by atoms with E-state index < -0.39 is 0 Å². The number of thiophene rings is 1.